The molecule has 0 aliphatic carbocycles. The number of fused-ring (bicyclic) bond motifs is 1. The standard InChI is InChI=1S/C13H18N2/c1-2-6-13-12(4-1)5-3-7-15(13)10-11-8-14-9-11/h1-2,4,6,11,14H,3,5,7-10H2. The van der Waals surface area contributed by atoms with Crippen molar-refractivity contribution in [1.82, 2.24) is 5.32 Å². The predicted molar refractivity (Wildman–Crippen MR) is 63.3 cm³/mol. The molecule has 1 aromatic rings. The van der Waals surface area contributed by atoms with Crippen LogP contribution < -0.4 is 10.2 Å². The average molecular weight is 202 g/mol. The molecule has 2 aliphatic rings. The molecule has 2 heteroatoms. The first-order valence-electron chi connectivity index (χ1n) is 5.97. The molecule has 1 fully saturated rings. The van der Waals surface area contributed by atoms with Crippen molar-refractivity contribution in [3.8, 4) is 0 Å². The van der Waals surface area contributed by atoms with Crippen LogP contribution in [0.15, 0.2) is 24.3 Å². The van der Waals surface area contributed by atoms with Crippen LogP contribution in [0.5, 0.6) is 0 Å². The molecular formula is C13H18N2. The Hall–Kier alpha value is -1.02. The zero-order valence-electron chi connectivity index (χ0n) is 9.08. The van der Waals surface area contributed by atoms with Crippen molar-refractivity contribution >= 4 is 5.69 Å². The second-order valence-electron chi connectivity index (χ2n) is 4.70. The number of rotatable bonds is 2. The van der Waals surface area contributed by atoms with E-state index in [0.29, 0.717) is 0 Å². The number of nitrogens with zero attached hydrogens (tertiary/aromatic N) is 1. The van der Waals surface area contributed by atoms with Crippen LogP contribution in [-0.2, 0) is 6.42 Å². The maximum absolute atomic E-state index is 3.35. The topological polar surface area (TPSA) is 15.3 Å². The van der Waals surface area contributed by atoms with Gasteiger partial charge in [-0.3, -0.25) is 0 Å². The van der Waals surface area contributed by atoms with E-state index in [1.54, 1.807) is 0 Å². The minimum absolute atomic E-state index is 0.871. The summed E-state index contributed by atoms with van der Waals surface area (Å²) in [4.78, 5) is 2.57. The molecule has 0 aromatic heterocycles. The zero-order valence-corrected chi connectivity index (χ0v) is 9.08. The van der Waals surface area contributed by atoms with Crippen molar-refractivity contribution in [2.45, 2.75) is 12.8 Å². The molecule has 1 N–H and O–H groups in total. The molecule has 0 spiro atoms. The van der Waals surface area contributed by atoms with Crippen LogP contribution in [0.3, 0.4) is 0 Å². The molecule has 1 saturated heterocycles. The van der Waals surface area contributed by atoms with E-state index in [2.05, 4.69) is 34.5 Å². The molecule has 2 heterocycles. The maximum atomic E-state index is 3.35. The third-order valence-corrected chi connectivity index (χ3v) is 3.55. The van der Waals surface area contributed by atoms with Gasteiger partial charge in [0, 0.05) is 37.8 Å². The van der Waals surface area contributed by atoms with E-state index >= 15 is 0 Å². The van der Waals surface area contributed by atoms with Gasteiger partial charge in [-0.1, -0.05) is 18.2 Å². The normalized spacial score (nSPS) is 20.9. The Balaban J connectivity index is 1.79. The van der Waals surface area contributed by atoms with Crippen molar-refractivity contribution in [3.05, 3.63) is 29.8 Å². The Morgan fingerprint density at radius 3 is 2.93 bits per heavy atom. The van der Waals surface area contributed by atoms with Gasteiger partial charge in [-0.15, -0.1) is 0 Å². The van der Waals surface area contributed by atoms with Crippen LogP contribution in [0.25, 0.3) is 0 Å². The second-order valence-corrected chi connectivity index (χ2v) is 4.70. The van der Waals surface area contributed by atoms with Crippen LogP contribution >= 0.6 is 0 Å². The first-order valence-corrected chi connectivity index (χ1v) is 5.97. The third-order valence-electron chi connectivity index (χ3n) is 3.55. The maximum Gasteiger partial charge on any atom is 0.0398 e. The Morgan fingerprint density at radius 2 is 2.13 bits per heavy atom. The third kappa shape index (κ3) is 1.74. The zero-order chi connectivity index (χ0) is 10.1. The quantitative estimate of drug-likeness (QED) is 0.784. The average Bonchev–Trinajstić information content (AvgIpc) is 2.23. The van der Waals surface area contributed by atoms with E-state index in [4.69, 9.17) is 0 Å². The number of anilines is 1. The Labute approximate surface area is 91.3 Å². The van der Waals surface area contributed by atoms with Crippen LogP contribution in [0.1, 0.15) is 12.0 Å². The lowest BCUT2D eigenvalue weighted by molar-refractivity contribution is 0.346. The summed E-state index contributed by atoms with van der Waals surface area (Å²) in [5, 5.41) is 3.35. The van der Waals surface area contributed by atoms with E-state index in [-0.39, 0.29) is 0 Å². The monoisotopic (exact) mass is 202 g/mol. The number of para-hydroxylation sites is 1. The largest absolute Gasteiger partial charge is 0.371 e. The first-order chi connectivity index (χ1) is 7.43. The molecule has 0 saturated carbocycles. The molecular weight excluding hydrogens is 184 g/mol. The Kier molecular flexibility index (Phi) is 2.37. The lowest BCUT2D eigenvalue weighted by Crippen LogP contribution is -2.49. The molecule has 15 heavy (non-hydrogen) atoms. The molecule has 3 rings (SSSR count). The van der Waals surface area contributed by atoms with E-state index in [9.17, 15) is 0 Å². The van der Waals surface area contributed by atoms with Gasteiger partial charge in [-0.25, -0.2) is 0 Å². The molecule has 0 amide bonds. The summed E-state index contributed by atoms with van der Waals surface area (Å²) in [6, 6.07) is 8.88. The van der Waals surface area contributed by atoms with E-state index in [1.807, 2.05) is 0 Å². The summed E-state index contributed by atoms with van der Waals surface area (Å²) >= 11 is 0. The highest BCUT2D eigenvalue weighted by Crippen LogP contribution is 2.27. The minimum atomic E-state index is 0.871. The minimum Gasteiger partial charge on any atom is -0.371 e. The molecule has 0 radical (unpaired) electrons. The van der Waals surface area contributed by atoms with E-state index in [1.165, 1.54) is 50.3 Å². The van der Waals surface area contributed by atoms with Crippen molar-refractivity contribution in [2.24, 2.45) is 5.92 Å². The fraction of sp³-hybridized carbons (Fsp3) is 0.538. The number of aryl methyl sites for hydroxylation is 1. The van der Waals surface area contributed by atoms with Crippen molar-refractivity contribution in [1.29, 1.82) is 0 Å². The highest BCUT2D eigenvalue weighted by Gasteiger charge is 2.23. The molecule has 0 unspecified atom stereocenters. The molecule has 2 aliphatic heterocycles. The number of benzene rings is 1. The fourth-order valence-corrected chi connectivity index (χ4v) is 2.59. The first kappa shape index (κ1) is 9.22. The smallest absolute Gasteiger partial charge is 0.0398 e. The van der Waals surface area contributed by atoms with Crippen LogP contribution in [0.4, 0.5) is 5.69 Å². The SMILES string of the molecule is c1ccc2c(c1)CCCN2CC1CNC1. The van der Waals surface area contributed by atoms with Crippen molar-refractivity contribution in [3.63, 3.8) is 0 Å². The summed E-state index contributed by atoms with van der Waals surface area (Å²) in [6.45, 7) is 4.90. The van der Waals surface area contributed by atoms with Gasteiger partial charge >= 0.3 is 0 Å². The van der Waals surface area contributed by atoms with Gasteiger partial charge in [-0.2, -0.15) is 0 Å². The molecule has 1 aromatic carbocycles. The summed E-state index contributed by atoms with van der Waals surface area (Å²) in [5.74, 6) is 0.871. The lowest BCUT2D eigenvalue weighted by atomic mass is 9.98. The second kappa shape index (κ2) is 3.86. The van der Waals surface area contributed by atoms with Crippen molar-refractivity contribution in [2.75, 3.05) is 31.1 Å². The van der Waals surface area contributed by atoms with Gasteiger partial charge in [0.2, 0.25) is 0 Å². The molecule has 80 valence electrons. The fourth-order valence-electron chi connectivity index (χ4n) is 2.59. The van der Waals surface area contributed by atoms with Crippen molar-refractivity contribution < 1.29 is 0 Å². The number of nitrogens with one attached hydrogen (secondary N) is 1. The van der Waals surface area contributed by atoms with Gasteiger partial charge in [0.15, 0.2) is 0 Å². The van der Waals surface area contributed by atoms with Gasteiger partial charge in [0.1, 0.15) is 0 Å². The summed E-state index contributed by atoms with van der Waals surface area (Å²) in [6.07, 6.45) is 2.58. The molecule has 0 bridgehead atoms. The highest BCUT2D eigenvalue weighted by molar-refractivity contribution is 5.55. The van der Waals surface area contributed by atoms with Gasteiger partial charge in [0.05, 0.1) is 0 Å². The van der Waals surface area contributed by atoms with Gasteiger partial charge in [0.25, 0.3) is 0 Å². The summed E-state index contributed by atoms with van der Waals surface area (Å²) in [7, 11) is 0. The van der Waals surface area contributed by atoms with Crippen LogP contribution in [-0.4, -0.2) is 26.2 Å². The number of hydrogen-bond acceptors (Lipinski definition) is 2. The van der Waals surface area contributed by atoms with Crippen LogP contribution in [0.2, 0.25) is 0 Å². The Morgan fingerprint density at radius 1 is 1.27 bits per heavy atom. The van der Waals surface area contributed by atoms with E-state index in [0.717, 1.165) is 5.92 Å². The van der Waals surface area contributed by atoms with Gasteiger partial charge in [-0.05, 0) is 24.5 Å². The van der Waals surface area contributed by atoms with E-state index < -0.39 is 0 Å². The Bertz CT molecular complexity index is 344. The van der Waals surface area contributed by atoms with Crippen LogP contribution in [0, 0.1) is 5.92 Å². The van der Waals surface area contributed by atoms with Gasteiger partial charge < -0.3 is 10.2 Å². The number of hydrogen-bond donors (Lipinski definition) is 1. The summed E-state index contributed by atoms with van der Waals surface area (Å²) in [5.41, 5.74) is 3.02. The molecule has 0 atom stereocenters. The highest BCUT2D eigenvalue weighted by atomic mass is 15.2. The summed E-state index contributed by atoms with van der Waals surface area (Å²) < 4.78 is 0. The molecule has 2 nitrogen and oxygen atoms in total. The lowest BCUT2D eigenvalue weighted by Gasteiger charge is -2.37. The predicted octanol–water partition coefficient (Wildman–Crippen LogP) is 1.66.